The predicted octanol–water partition coefficient (Wildman–Crippen LogP) is 3.80. The lowest BCUT2D eigenvalue weighted by Gasteiger charge is -2.51. The molecule has 1 atom stereocenters. The smallest absolute Gasteiger partial charge is 0.249 e. The Labute approximate surface area is 206 Å². The second kappa shape index (κ2) is 9.79. The van der Waals surface area contributed by atoms with Crippen molar-refractivity contribution in [2.24, 2.45) is 0 Å². The largest absolute Gasteiger partial charge is 0.352 e. The Balaban J connectivity index is 1.50. The molecule has 1 unspecified atom stereocenters. The molecule has 0 spiro atoms. The fraction of sp³-hybridized carbons (Fsp3) is 0.444. The Kier molecular flexibility index (Phi) is 6.99. The molecule has 6 nitrogen and oxygen atoms in total. The summed E-state index contributed by atoms with van der Waals surface area (Å²) in [4.78, 5) is 42.8. The minimum Gasteiger partial charge on any atom is -0.352 e. The summed E-state index contributed by atoms with van der Waals surface area (Å²) in [6.45, 7) is 6.62. The van der Waals surface area contributed by atoms with Crippen LogP contribution in [0.15, 0.2) is 42.5 Å². The fourth-order valence-corrected chi connectivity index (χ4v) is 4.77. The van der Waals surface area contributed by atoms with E-state index in [2.05, 4.69) is 11.4 Å². The molecule has 2 aliphatic rings. The summed E-state index contributed by atoms with van der Waals surface area (Å²) < 4.78 is 0. The molecule has 0 radical (unpaired) electrons. The molecule has 2 fully saturated rings. The number of nitrogens with zero attached hydrogens (tertiary/aromatic N) is 2. The highest BCUT2D eigenvalue weighted by atomic mass is 35.5. The van der Waals surface area contributed by atoms with Crippen LogP contribution in [0, 0.1) is 13.8 Å². The van der Waals surface area contributed by atoms with Crippen molar-refractivity contribution in [1.29, 1.82) is 0 Å². The second-order valence-corrected chi connectivity index (χ2v) is 10.3. The van der Waals surface area contributed by atoms with Crippen LogP contribution >= 0.6 is 11.6 Å². The molecule has 0 bridgehead atoms. The summed E-state index contributed by atoms with van der Waals surface area (Å²) in [5.41, 5.74) is 3.10. The second-order valence-electron chi connectivity index (χ2n) is 9.87. The molecule has 1 saturated heterocycles. The number of aryl methyl sites for hydroxylation is 2. The summed E-state index contributed by atoms with van der Waals surface area (Å²) in [5.74, 6) is -0.435. The van der Waals surface area contributed by atoms with E-state index in [0.717, 1.165) is 35.1 Å². The lowest BCUT2D eigenvalue weighted by atomic mass is 9.84. The highest BCUT2D eigenvalue weighted by Gasteiger charge is 2.51. The normalized spacial score (nSPS) is 19.4. The standard InChI is InChI=1S/C27H32ClN3O3/c1-18-12-19(2)14-21(13-18)15-25(33)31-11-10-27(31,3)26(34)30(17-24(32)29-23-8-9-23)16-20-4-6-22(28)7-5-20/h4-7,12-14,23H,8-11,15-17H2,1-3H3,(H,29,32). The average Bonchev–Trinajstić information content (AvgIpc) is 3.56. The zero-order valence-electron chi connectivity index (χ0n) is 20.1. The van der Waals surface area contributed by atoms with Crippen LogP contribution in [0.5, 0.6) is 0 Å². The number of carbonyl (C=O) groups excluding carboxylic acids is 3. The van der Waals surface area contributed by atoms with E-state index in [9.17, 15) is 14.4 Å². The zero-order valence-corrected chi connectivity index (χ0v) is 20.8. The molecule has 1 aliphatic heterocycles. The van der Waals surface area contributed by atoms with Gasteiger partial charge in [-0.05, 0) is 63.3 Å². The van der Waals surface area contributed by atoms with Gasteiger partial charge in [-0.1, -0.05) is 53.1 Å². The SMILES string of the molecule is Cc1cc(C)cc(CC(=O)N2CCC2(C)C(=O)N(CC(=O)NC2CC2)Cc2ccc(Cl)cc2)c1. The maximum atomic E-state index is 13.8. The van der Waals surface area contributed by atoms with Crippen LogP contribution in [-0.4, -0.2) is 52.2 Å². The number of benzene rings is 2. The number of likely N-dealkylation sites (tertiary alicyclic amines) is 1. The summed E-state index contributed by atoms with van der Waals surface area (Å²) >= 11 is 6.01. The number of amides is 3. The fourth-order valence-electron chi connectivity index (χ4n) is 4.65. The van der Waals surface area contributed by atoms with Crippen LogP contribution < -0.4 is 5.32 Å². The van der Waals surface area contributed by atoms with Gasteiger partial charge in [0.1, 0.15) is 5.54 Å². The molecule has 1 aliphatic carbocycles. The van der Waals surface area contributed by atoms with E-state index < -0.39 is 5.54 Å². The van der Waals surface area contributed by atoms with E-state index in [0.29, 0.717) is 18.0 Å². The van der Waals surface area contributed by atoms with E-state index in [4.69, 9.17) is 11.6 Å². The Bertz CT molecular complexity index is 1080. The average molecular weight is 482 g/mol. The first-order valence-electron chi connectivity index (χ1n) is 11.8. The number of halogens is 1. The van der Waals surface area contributed by atoms with Crippen LogP contribution in [-0.2, 0) is 27.3 Å². The highest BCUT2D eigenvalue weighted by Crippen LogP contribution is 2.34. The number of rotatable bonds is 8. The first-order valence-corrected chi connectivity index (χ1v) is 12.2. The third-order valence-corrected chi connectivity index (χ3v) is 6.92. The van der Waals surface area contributed by atoms with E-state index >= 15 is 0 Å². The first-order chi connectivity index (χ1) is 16.1. The third-order valence-electron chi connectivity index (χ3n) is 6.67. The molecule has 2 aromatic rings. The Morgan fingerprint density at radius 3 is 2.26 bits per heavy atom. The summed E-state index contributed by atoms with van der Waals surface area (Å²) in [6.07, 6.45) is 2.79. The van der Waals surface area contributed by atoms with Crippen molar-refractivity contribution in [3.8, 4) is 0 Å². The zero-order chi connectivity index (χ0) is 24.5. The summed E-state index contributed by atoms with van der Waals surface area (Å²) in [7, 11) is 0. The Hall–Kier alpha value is -2.86. The molecule has 1 heterocycles. The van der Waals surface area contributed by atoms with Gasteiger partial charge in [0.25, 0.3) is 0 Å². The van der Waals surface area contributed by atoms with Crippen LogP contribution in [0.25, 0.3) is 0 Å². The molecular formula is C27H32ClN3O3. The number of hydrogen-bond acceptors (Lipinski definition) is 3. The minimum atomic E-state index is -0.956. The van der Waals surface area contributed by atoms with Crippen LogP contribution in [0.2, 0.25) is 5.02 Å². The maximum Gasteiger partial charge on any atom is 0.249 e. The first kappa shape index (κ1) is 24.3. The van der Waals surface area contributed by atoms with Gasteiger partial charge >= 0.3 is 0 Å². The van der Waals surface area contributed by atoms with Crippen molar-refractivity contribution in [2.45, 2.75) is 64.6 Å². The van der Waals surface area contributed by atoms with Gasteiger partial charge in [-0.3, -0.25) is 14.4 Å². The van der Waals surface area contributed by atoms with Gasteiger partial charge in [-0.2, -0.15) is 0 Å². The quantitative estimate of drug-likeness (QED) is 0.623. The van der Waals surface area contributed by atoms with Crippen LogP contribution in [0.3, 0.4) is 0 Å². The van der Waals surface area contributed by atoms with Crippen molar-refractivity contribution in [3.05, 3.63) is 69.7 Å². The van der Waals surface area contributed by atoms with Gasteiger partial charge in [0.05, 0.1) is 13.0 Å². The molecule has 1 N–H and O–H groups in total. The molecule has 1 saturated carbocycles. The van der Waals surface area contributed by atoms with Gasteiger partial charge in [0.15, 0.2) is 0 Å². The monoisotopic (exact) mass is 481 g/mol. The van der Waals surface area contributed by atoms with Crippen molar-refractivity contribution < 1.29 is 14.4 Å². The lowest BCUT2D eigenvalue weighted by molar-refractivity contribution is -0.164. The van der Waals surface area contributed by atoms with Gasteiger partial charge < -0.3 is 15.1 Å². The molecule has 34 heavy (non-hydrogen) atoms. The third kappa shape index (κ3) is 5.61. The van der Waals surface area contributed by atoms with Gasteiger partial charge in [-0.15, -0.1) is 0 Å². The highest BCUT2D eigenvalue weighted by molar-refractivity contribution is 6.30. The molecule has 0 aromatic heterocycles. The predicted molar refractivity (Wildman–Crippen MR) is 132 cm³/mol. The van der Waals surface area contributed by atoms with Crippen molar-refractivity contribution >= 4 is 29.3 Å². The van der Waals surface area contributed by atoms with Crippen LogP contribution in [0.1, 0.15) is 48.4 Å². The van der Waals surface area contributed by atoms with Gasteiger partial charge in [0.2, 0.25) is 17.7 Å². The Morgan fingerprint density at radius 1 is 1.06 bits per heavy atom. The molecule has 2 aromatic carbocycles. The number of nitrogens with one attached hydrogen (secondary N) is 1. The summed E-state index contributed by atoms with van der Waals surface area (Å²) in [6, 6.07) is 13.6. The van der Waals surface area contributed by atoms with Crippen molar-refractivity contribution in [2.75, 3.05) is 13.1 Å². The maximum absolute atomic E-state index is 13.8. The van der Waals surface area contributed by atoms with E-state index in [1.807, 2.05) is 45.0 Å². The van der Waals surface area contributed by atoms with E-state index in [1.165, 1.54) is 0 Å². The Morgan fingerprint density at radius 2 is 1.71 bits per heavy atom. The molecule has 3 amide bonds. The van der Waals surface area contributed by atoms with Gasteiger partial charge in [-0.25, -0.2) is 0 Å². The minimum absolute atomic E-state index is 0.0351. The van der Waals surface area contributed by atoms with Gasteiger partial charge in [0, 0.05) is 24.2 Å². The number of hydrogen-bond donors (Lipinski definition) is 1. The topological polar surface area (TPSA) is 69.7 Å². The molecule has 7 heteroatoms. The van der Waals surface area contributed by atoms with Crippen LogP contribution in [0.4, 0.5) is 0 Å². The molecule has 4 rings (SSSR count). The summed E-state index contributed by atoms with van der Waals surface area (Å²) in [5, 5.41) is 3.58. The van der Waals surface area contributed by atoms with E-state index in [-0.39, 0.29) is 43.3 Å². The molecule has 180 valence electrons. The van der Waals surface area contributed by atoms with Crippen molar-refractivity contribution in [1.82, 2.24) is 15.1 Å². The van der Waals surface area contributed by atoms with E-state index in [1.54, 1.807) is 21.9 Å². The number of carbonyl (C=O) groups is 3. The van der Waals surface area contributed by atoms with Crippen molar-refractivity contribution in [3.63, 3.8) is 0 Å². The lowest BCUT2D eigenvalue weighted by Crippen LogP contribution is -2.68. The molecular weight excluding hydrogens is 450 g/mol.